The van der Waals surface area contributed by atoms with Gasteiger partial charge in [-0.1, -0.05) is 16.8 Å². The molecule has 1 aromatic heterocycles. The molecule has 102 valence electrons. The fourth-order valence-corrected chi connectivity index (χ4v) is 1.79. The molecule has 0 fully saturated rings. The van der Waals surface area contributed by atoms with Crippen molar-refractivity contribution >= 4 is 11.6 Å². The Bertz CT molecular complexity index is 555. The van der Waals surface area contributed by atoms with Crippen LogP contribution in [-0.4, -0.2) is 23.3 Å². The Balaban J connectivity index is 2.37. The van der Waals surface area contributed by atoms with Gasteiger partial charge in [0.2, 0.25) is 11.7 Å². The molecule has 2 rings (SSSR count). The van der Waals surface area contributed by atoms with E-state index in [1.807, 2.05) is 27.0 Å². The van der Waals surface area contributed by atoms with Gasteiger partial charge in [0, 0.05) is 5.02 Å². The summed E-state index contributed by atoms with van der Waals surface area (Å²) in [5.74, 6) is 1.69. The van der Waals surface area contributed by atoms with E-state index in [-0.39, 0.29) is 6.10 Å². The van der Waals surface area contributed by atoms with Gasteiger partial charge < -0.3 is 14.6 Å². The lowest BCUT2D eigenvalue weighted by Gasteiger charge is -2.12. The lowest BCUT2D eigenvalue weighted by atomic mass is 10.2. The zero-order valence-electron chi connectivity index (χ0n) is 11.1. The summed E-state index contributed by atoms with van der Waals surface area (Å²) in [6, 6.07) is 5.36. The molecule has 0 saturated carbocycles. The monoisotopic (exact) mass is 281 g/mol. The Hall–Kier alpha value is -1.59. The Morgan fingerprint density at radius 3 is 2.89 bits per heavy atom. The Labute approximate surface area is 116 Å². The SMILES string of the molecule is CNCc1nc(-c2cc(Cl)ccc2OC(C)C)no1. The van der Waals surface area contributed by atoms with Crippen LogP contribution in [0.2, 0.25) is 5.02 Å². The number of benzene rings is 1. The Morgan fingerprint density at radius 2 is 2.21 bits per heavy atom. The van der Waals surface area contributed by atoms with Gasteiger partial charge in [0.15, 0.2) is 0 Å². The second-order valence-electron chi connectivity index (χ2n) is 4.35. The highest BCUT2D eigenvalue weighted by atomic mass is 35.5. The zero-order chi connectivity index (χ0) is 13.8. The maximum absolute atomic E-state index is 6.02. The van der Waals surface area contributed by atoms with Gasteiger partial charge in [-0.3, -0.25) is 0 Å². The summed E-state index contributed by atoms with van der Waals surface area (Å²) < 4.78 is 10.9. The molecule has 0 aliphatic rings. The number of hydrogen-bond donors (Lipinski definition) is 1. The van der Waals surface area contributed by atoms with Crippen molar-refractivity contribution in [3.8, 4) is 17.1 Å². The van der Waals surface area contributed by atoms with Crippen LogP contribution in [0.5, 0.6) is 5.75 Å². The number of rotatable bonds is 5. The highest BCUT2D eigenvalue weighted by Crippen LogP contribution is 2.31. The quantitative estimate of drug-likeness (QED) is 0.913. The molecule has 0 aliphatic heterocycles. The van der Waals surface area contributed by atoms with Gasteiger partial charge in [0.05, 0.1) is 18.2 Å². The molecule has 6 heteroatoms. The van der Waals surface area contributed by atoms with Gasteiger partial charge in [-0.05, 0) is 39.1 Å². The van der Waals surface area contributed by atoms with Crippen molar-refractivity contribution in [3.63, 3.8) is 0 Å². The van der Waals surface area contributed by atoms with Gasteiger partial charge in [-0.15, -0.1) is 0 Å². The first-order valence-corrected chi connectivity index (χ1v) is 6.41. The van der Waals surface area contributed by atoms with E-state index in [2.05, 4.69) is 15.5 Å². The number of ether oxygens (including phenoxy) is 1. The molecule has 0 spiro atoms. The van der Waals surface area contributed by atoms with Crippen molar-refractivity contribution in [1.82, 2.24) is 15.5 Å². The second kappa shape index (κ2) is 6.04. The highest BCUT2D eigenvalue weighted by Gasteiger charge is 2.15. The molecule has 1 heterocycles. The van der Waals surface area contributed by atoms with Crippen molar-refractivity contribution in [1.29, 1.82) is 0 Å². The van der Waals surface area contributed by atoms with Crippen LogP contribution in [0.3, 0.4) is 0 Å². The van der Waals surface area contributed by atoms with Crippen LogP contribution < -0.4 is 10.1 Å². The van der Waals surface area contributed by atoms with Crippen molar-refractivity contribution in [2.24, 2.45) is 0 Å². The second-order valence-corrected chi connectivity index (χ2v) is 4.79. The molecule has 0 atom stereocenters. The zero-order valence-corrected chi connectivity index (χ0v) is 11.9. The van der Waals surface area contributed by atoms with E-state index in [9.17, 15) is 0 Å². The van der Waals surface area contributed by atoms with Gasteiger partial charge in [0.25, 0.3) is 0 Å². The number of nitrogens with zero attached hydrogens (tertiary/aromatic N) is 2. The smallest absolute Gasteiger partial charge is 0.240 e. The summed E-state index contributed by atoms with van der Waals surface area (Å²) in [6.07, 6.45) is 0.0589. The first-order valence-electron chi connectivity index (χ1n) is 6.04. The fraction of sp³-hybridized carbons (Fsp3) is 0.385. The molecule has 1 aromatic carbocycles. The molecule has 0 unspecified atom stereocenters. The van der Waals surface area contributed by atoms with E-state index in [4.69, 9.17) is 20.9 Å². The molecular formula is C13H16ClN3O2. The van der Waals surface area contributed by atoms with Crippen LogP contribution in [-0.2, 0) is 6.54 Å². The summed E-state index contributed by atoms with van der Waals surface area (Å²) >= 11 is 6.02. The van der Waals surface area contributed by atoms with Crippen molar-refractivity contribution < 1.29 is 9.26 Å². The minimum Gasteiger partial charge on any atom is -0.490 e. The molecule has 19 heavy (non-hydrogen) atoms. The maximum atomic E-state index is 6.02. The van der Waals surface area contributed by atoms with Crippen LogP contribution in [0.25, 0.3) is 11.4 Å². The van der Waals surface area contributed by atoms with Crippen molar-refractivity contribution in [2.45, 2.75) is 26.5 Å². The Kier molecular flexibility index (Phi) is 4.39. The van der Waals surface area contributed by atoms with Crippen LogP contribution in [0, 0.1) is 0 Å². The predicted molar refractivity (Wildman–Crippen MR) is 73.3 cm³/mol. The molecule has 5 nitrogen and oxygen atoms in total. The van der Waals surface area contributed by atoms with E-state index >= 15 is 0 Å². The molecule has 0 amide bonds. The average Bonchev–Trinajstić information content (AvgIpc) is 2.80. The molecular weight excluding hydrogens is 266 g/mol. The summed E-state index contributed by atoms with van der Waals surface area (Å²) in [4.78, 5) is 4.30. The first-order chi connectivity index (χ1) is 9.10. The molecule has 0 bridgehead atoms. The topological polar surface area (TPSA) is 60.2 Å². The minimum atomic E-state index is 0.0589. The molecule has 1 N–H and O–H groups in total. The third kappa shape index (κ3) is 3.45. The van der Waals surface area contributed by atoms with E-state index in [0.29, 0.717) is 29.0 Å². The fourth-order valence-electron chi connectivity index (χ4n) is 1.62. The Morgan fingerprint density at radius 1 is 1.42 bits per heavy atom. The summed E-state index contributed by atoms with van der Waals surface area (Å²) in [6.45, 7) is 4.44. The lowest BCUT2D eigenvalue weighted by molar-refractivity contribution is 0.243. The lowest BCUT2D eigenvalue weighted by Crippen LogP contribution is -2.07. The highest BCUT2D eigenvalue weighted by molar-refractivity contribution is 6.30. The van der Waals surface area contributed by atoms with Crippen LogP contribution in [0.4, 0.5) is 0 Å². The molecule has 0 saturated heterocycles. The maximum Gasteiger partial charge on any atom is 0.240 e. The van der Waals surface area contributed by atoms with Crippen LogP contribution in [0.15, 0.2) is 22.7 Å². The minimum absolute atomic E-state index is 0.0589. The summed E-state index contributed by atoms with van der Waals surface area (Å²) in [5.41, 5.74) is 0.729. The van der Waals surface area contributed by atoms with Crippen LogP contribution in [0.1, 0.15) is 19.7 Å². The molecule has 2 aromatic rings. The largest absolute Gasteiger partial charge is 0.490 e. The molecule has 0 aliphatic carbocycles. The van der Waals surface area contributed by atoms with Crippen LogP contribution >= 0.6 is 11.6 Å². The number of halogens is 1. The van der Waals surface area contributed by atoms with E-state index < -0.39 is 0 Å². The third-order valence-electron chi connectivity index (χ3n) is 2.34. The van der Waals surface area contributed by atoms with Gasteiger partial charge in [0.1, 0.15) is 5.75 Å². The first kappa shape index (κ1) is 13.8. The predicted octanol–water partition coefficient (Wildman–Crippen LogP) is 2.90. The third-order valence-corrected chi connectivity index (χ3v) is 2.58. The van der Waals surface area contributed by atoms with Gasteiger partial charge in [-0.25, -0.2) is 0 Å². The van der Waals surface area contributed by atoms with E-state index in [1.165, 1.54) is 0 Å². The summed E-state index contributed by atoms with van der Waals surface area (Å²) in [7, 11) is 1.82. The average molecular weight is 282 g/mol. The van der Waals surface area contributed by atoms with Crippen molar-refractivity contribution in [3.05, 3.63) is 29.1 Å². The van der Waals surface area contributed by atoms with Crippen molar-refractivity contribution in [2.75, 3.05) is 7.05 Å². The van der Waals surface area contributed by atoms with Gasteiger partial charge in [-0.2, -0.15) is 4.98 Å². The number of nitrogens with one attached hydrogen (secondary N) is 1. The number of aromatic nitrogens is 2. The molecule has 0 radical (unpaired) electrons. The normalized spacial score (nSPS) is 11.0. The standard InChI is InChI=1S/C13H16ClN3O2/c1-8(2)18-11-5-4-9(14)6-10(11)13-16-12(7-15-3)19-17-13/h4-6,8,15H,7H2,1-3H3. The number of hydrogen-bond acceptors (Lipinski definition) is 5. The van der Waals surface area contributed by atoms with E-state index in [1.54, 1.807) is 12.1 Å². The van der Waals surface area contributed by atoms with E-state index in [0.717, 1.165) is 5.56 Å². The summed E-state index contributed by atoms with van der Waals surface area (Å²) in [5, 5.41) is 7.51. The van der Waals surface area contributed by atoms with Gasteiger partial charge >= 0.3 is 0 Å².